The largest absolute Gasteiger partial charge is 0.0613 e. The third kappa shape index (κ3) is 2.31. The molecule has 0 heterocycles. The summed E-state index contributed by atoms with van der Waals surface area (Å²) in [5.74, 6) is 0. The maximum atomic E-state index is 2.39. The van der Waals surface area contributed by atoms with Crippen molar-refractivity contribution in [3.05, 3.63) is 58.7 Å². The Balaban J connectivity index is 2.42. The first-order valence-corrected chi connectivity index (χ1v) is 8.29. The highest BCUT2D eigenvalue weighted by molar-refractivity contribution is 6.05. The summed E-state index contributed by atoms with van der Waals surface area (Å²) in [4.78, 5) is 0. The molecule has 0 bridgehead atoms. The van der Waals surface area contributed by atoms with Gasteiger partial charge >= 0.3 is 0 Å². The van der Waals surface area contributed by atoms with Crippen LogP contribution < -0.4 is 0 Å². The summed E-state index contributed by atoms with van der Waals surface area (Å²) in [5.41, 5.74) is 5.83. The fraction of sp³-hybridized carbons (Fsp3) is 0.364. The van der Waals surface area contributed by atoms with Crippen molar-refractivity contribution in [2.45, 2.75) is 53.4 Å². The van der Waals surface area contributed by atoms with E-state index in [9.17, 15) is 0 Å². The lowest BCUT2D eigenvalue weighted by molar-refractivity contribution is 0.591. The van der Waals surface area contributed by atoms with Crippen LogP contribution in [0.25, 0.3) is 21.5 Å². The smallest absolute Gasteiger partial charge is 0.0132 e. The molecule has 3 aromatic carbocycles. The molecule has 0 amide bonds. The van der Waals surface area contributed by atoms with Crippen LogP contribution in [0.15, 0.2) is 36.4 Å². The zero-order valence-electron chi connectivity index (χ0n) is 14.7. The summed E-state index contributed by atoms with van der Waals surface area (Å²) in [7, 11) is 0. The van der Waals surface area contributed by atoms with E-state index in [1.54, 1.807) is 0 Å². The SMILES string of the molecule is CCc1ccc2c(C)c3cc(C(C)(C)C)ccc3c(C)c2c1. The van der Waals surface area contributed by atoms with Crippen LogP contribution in [0.4, 0.5) is 0 Å². The fourth-order valence-electron chi connectivity index (χ4n) is 3.39. The molecule has 0 aliphatic carbocycles. The standard InChI is InChI=1S/C22H26/c1-7-16-8-10-18-15(3)21-13-17(22(4,5)6)9-11-19(21)14(2)20(18)12-16/h8-13H,7H2,1-6H3. The van der Waals surface area contributed by atoms with E-state index in [1.807, 2.05) is 0 Å². The zero-order valence-corrected chi connectivity index (χ0v) is 14.7. The van der Waals surface area contributed by atoms with Crippen LogP contribution in [0.5, 0.6) is 0 Å². The van der Waals surface area contributed by atoms with Gasteiger partial charge in [0.25, 0.3) is 0 Å². The molecular weight excluding hydrogens is 264 g/mol. The molecule has 0 heteroatoms. The van der Waals surface area contributed by atoms with Crippen molar-refractivity contribution in [3.8, 4) is 0 Å². The van der Waals surface area contributed by atoms with Crippen LogP contribution in [-0.2, 0) is 11.8 Å². The highest BCUT2D eigenvalue weighted by Gasteiger charge is 2.16. The molecule has 22 heavy (non-hydrogen) atoms. The Hall–Kier alpha value is -1.82. The van der Waals surface area contributed by atoms with E-state index < -0.39 is 0 Å². The minimum Gasteiger partial charge on any atom is -0.0613 e. The van der Waals surface area contributed by atoms with E-state index in [-0.39, 0.29) is 5.41 Å². The van der Waals surface area contributed by atoms with Gasteiger partial charge in [0.1, 0.15) is 0 Å². The molecule has 114 valence electrons. The van der Waals surface area contributed by atoms with Gasteiger partial charge in [-0.15, -0.1) is 0 Å². The quantitative estimate of drug-likeness (QED) is 0.450. The lowest BCUT2D eigenvalue weighted by atomic mass is 9.83. The molecule has 0 aromatic heterocycles. The highest BCUT2D eigenvalue weighted by Crippen LogP contribution is 2.35. The Bertz CT molecular complexity index is 861. The number of fused-ring (bicyclic) bond motifs is 2. The van der Waals surface area contributed by atoms with Gasteiger partial charge in [0.05, 0.1) is 0 Å². The van der Waals surface area contributed by atoms with E-state index in [0.717, 1.165) is 6.42 Å². The second-order valence-corrected chi connectivity index (χ2v) is 7.49. The molecule has 0 fully saturated rings. The zero-order chi connectivity index (χ0) is 16.1. The van der Waals surface area contributed by atoms with Crippen molar-refractivity contribution in [2.75, 3.05) is 0 Å². The highest BCUT2D eigenvalue weighted by atomic mass is 14.2. The van der Waals surface area contributed by atoms with Crippen molar-refractivity contribution < 1.29 is 0 Å². The van der Waals surface area contributed by atoms with Crippen LogP contribution in [-0.4, -0.2) is 0 Å². The maximum absolute atomic E-state index is 2.39. The van der Waals surface area contributed by atoms with Gasteiger partial charge in [-0.3, -0.25) is 0 Å². The Labute approximate surface area is 134 Å². The molecule has 0 N–H and O–H groups in total. The van der Waals surface area contributed by atoms with Crippen molar-refractivity contribution in [2.24, 2.45) is 0 Å². The van der Waals surface area contributed by atoms with E-state index in [2.05, 4.69) is 77.9 Å². The molecule has 0 unspecified atom stereocenters. The van der Waals surface area contributed by atoms with Gasteiger partial charge in [-0.25, -0.2) is 0 Å². The minimum atomic E-state index is 0.190. The summed E-state index contributed by atoms with van der Waals surface area (Å²) in [6, 6.07) is 14.0. The molecule has 0 aliphatic rings. The van der Waals surface area contributed by atoms with Gasteiger partial charge in [0.2, 0.25) is 0 Å². The summed E-state index contributed by atoms with van der Waals surface area (Å²) in [6.07, 6.45) is 1.09. The summed E-state index contributed by atoms with van der Waals surface area (Å²) >= 11 is 0. The fourth-order valence-corrected chi connectivity index (χ4v) is 3.39. The third-order valence-corrected chi connectivity index (χ3v) is 4.99. The predicted octanol–water partition coefficient (Wildman–Crippen LogP) is 6.47. The maximum Gasteiger partial charge on any atom is -0.0132 e. The molecule has 0 radical (unpaired) electrons. The van der Waals surface area contributed by atoms with Crippen molar-refractivity contribution in [3.63, 3.8) is 0 Å². The van der Waals surface area contributed by atoms with E-state index in [1.165, 1.54) is 43.8 Å². The van der Waals surface area contributed by atoms with Gasteiger partial charge in [-0.1, -0.05) is 64.1 Å². The molecular formula is C22H26. The van der Waals surface area contributed by atoms with E-state index >= 15 is 0 Å². The normalized spacial score (nSPS) is 12.3. The number of hydrogen-bond donors (Lipinski definition) is 0. The summed E-state index contributed by atoms with van der Waals surface area (Å²) in [5, 5.41) is 5.61. The van der Waals surface area contributed by atoms with Crippen LogP contribution in [0.2, 0.25) is 0 Å². The topological polar surface area (TPSA) is 0 Å². The van der Waals surface area contributed by atoms with Crippen molar-refractivity contribution in [1.29, 1.82) is 0 Å². The van der Waals surface area contributed by atoms with Gasteiger partial charge in [0.15, 0.2) is 0 Å². The van der Waals surface area contributed by atoms with Crippen LogP contribution >= 0.6 is 0 Å². The van der Waals surface area contributed by atoms with Gasteiger partial charge < -0.3 is 0 Å². The molecule has 0 spiro atoms. The van der Waals surface area contributed by atoms with E-state index in [0.29, 0.717) is 0 Å². The second-order valence-electron chi connectivity index (χ2n) is 7.49. The van der Waals surface area contributed by atoms with Crippen LogP contribution in [0, 0.1) is 13.8 Å². The Morgan fingerprint density at radius 1 is 0.727 bits per heavy atom. The van der Waals surface area contributed by atoms with Crippen LogP contribution in [0.3, 0.4) is 0 Å². The molecule has 0 saturated carbocycles. The molecule has 0 saturated heterocycles. The van der Waals surface area contributed by atoms with Crippen molar-refractivity contribution >= 4 is 21.5 Å². The number of aryl methyl sites for hydroxylation is 3. The molecule has 3 rings (SSSR count). The summed E-state index contributed by atoms with van der Waals surface area (Å²) < 4.78 is 0. The number of benzene rings is 3. The summed E-state index contributed by atoms with van der Waals surface area (Å²) in [6.45, 7) is 13.6. The Morgan fingerprint density at radius 3 is 1.82 bits per heavy atom. The molecule has 0 atom stereocenters. The van der Waals surface area contributed by atoms with E-state index in [4.69, 9.17) is 0 Å². The first-order chi connectivity index (χ1) is 10.3. The first-order valence-electron chi connectivity index (χ1n) is 8.29. The second kappa shape index (κ2) is 5.12. The van der Waals surface area contributed by atoms with Crippen LogP contribution in [0.1, 0.15) is 49.9 Å². The molecule has 0 nitrogen and oxygen atoms in total. The molecule has 3 aromatic rings. The third-order valence-electron chi connectivity index (χ3n) is 4.99. The number of hydrogen-bond acceptors (Lipinski definition) is 0. The monoisotopic (exact) mass is 290 g/mol. The average Bonchev–Trinajstić information content (AvgIpc) is 2.50. The number of rotatable bonds is 1. The first kappa shape index (κ1) is 15.1. The van der Waals surface area contributed by atoms with Gasteiger partial charge in [-0.05, 0) is 69.5 Å². The van der Waals surface area contributed by atoms with Gasteiger partial charge in [-0.2, -0.15) is 0 Å². The lowest BCUT2D eigenvalue weighted by Gasteiger charge is -2.21. The van der Waals surface area contributed by atoms with Crippen molar-refractivity contribution in [1.82, 2.24) is 0 Å². The lowest BCUT2D eigenvalue weighted by Crippen LogP contribution is -2.10. The Morgan fingerprint density at radius 2 is 1.27 bits per heavy atom. The molecule has 0 aliphatic heterocycles. The average molecular weight is 290 g/mol. The minimum absolute atomic E-state index is 0.190. The Kier molecular flexibility index (Phi) is 3.51. The van der Waals surface area contributed by atoms with Gasteiger partial charge in [0, 0.05) is 0 Å². The predicted molar refractivity (Wildman–Crippen MR) is 99.0 cm³/mol.